The molecule has 0 aliphatic carbocycles. The van der Waals surface area contributed by atoms with Gasteiger partial charge in [-0.25, -0.2) is 0 Å². The fourth-order valence-electron chi connectivity index (χ4n) is 2.57. The van der Waals surface area contributed by atoms with Gasteiger partial charge in [0.2, 0.25) is 17.9 Å². The third-order valence-electron chi connectivity index (χ3n) is 4.05. The monoisotopic (exact) mass is 399 g/mol. The average Bonchev–Trinajstić information content (AvgIpc) is 3.37. The van der Waals surface area contributed by atoms with E-state index in [1.165, 1.54) is 11.8 Å². The Morgan fingerprint density at radius 1 is 1.21 bits per heavy atom. The highest BCUT2D eigenvalue weighted by molar-refractivity contribution is 8.00. The largest absolute Gasteiger partial charge is 0.497 e. The summed E-state index contributed by atoms with van der Waals surface area (Å²) in [5.41, 5.74) is 1.41. The third kappa shape index (κ3) is 3.72. The number of nitrogens with one attached hydrogen (secondary N) is 1. The molecule has 1 N–H and O–H groups in total. The van der Waals surface area contributed by atoms with E-state index in [9.17, 15) is 4.79 Å². The number of anilines is 1. The van der Waals surface area contributed by atoms with Gasteiger partial charge in [0.1, 0.15) is 5.75 Å². The summed E-state index contributed by atoms with van der Waals surface area (Å²) in [5.74, 6) is 1.84. The Morgan fingerprint density at radius 3 is 2.79 bits per heavy atom. The Morgan fingerprint density at radius 2 is 2.00 bits per heavy atom. The molecular weight excluding hydrogens is 382 g/mol. The molecule has 28 heavy (non-hydrogen) atoms. The molecule has 1 amide bonds. The maximum absolute atomic E-state index is 12.6. The Balaban J connectivity index is 1.44. The summed E-state index contributed by atoms with van der Waals surface area (Å²) in [6.07, 6.45) is 0. The average molecular weight is 399 g/mol. The number of fused-ring (bicyclic) bond motifs is 1. The van der Waals surface area contributed by atoms with E-state index < -0.39 is 5.25 Å². The van der Waals surface area contributed by atoms with Gasteiger partial charge >= 0.3 is 0 Å². The predicted molar refractivity (Wildman–Crippen MR) is 102 cm³/mol. The maximum Gasteiger partial charge on any atom is 0.237 e. The smallest absolute Gasteiger partial charge is 0.237 e. The molecule has 1 aromatic heterocycles. The van der Waals surface area contributed by atoms with Crippen LogP contribution in [0.2, 0.25) is 0 Å². The summed E-state index contributed by atoms with van der Waals surface area (Å²) in [6, 6.07) is 12.6. The van der Waals surface area contributed by atoms with Gasteiger partial charge < -0.3 is 19.5 Å². The Bertz CT molecular complexity index is 992. The lowest BCUT2D eigenvalue weighted by Gasteiger charge is -2.12. The Hall–Kier alpha value is -3.27. The van der Waals surface area contributed by atoms with Crippen LogP contribution in [0.1, 0.15) is 6.92 Å². The number of hydrogen-bond donors (Lipinski definition) is 1. The lowest BCUT2D eigenvalue weighted by atomic mass is 10.2. The minimum absolute atomic E-state index is 0.173. The highest BCUT2D eigenvalue weighted by atomic mass is 32.2. The Kier molecular flexibility index (Phi) is 5.02. The molecule has 144 valence electrons. The van der Waals surface area contributed by atoms with Crippen LogP contribution in [0, 0.1) is 0 Å². The molecule has 0 unspecified atom stereocenters. The summed E-state index contributed by atoms with van der Waals surface area (Å²) in [7, 11) is 1.60. The van der Waals surface area contributed by atoms with E-state index in [0.717, 1.165) is 11.4 Å². The van der Waals surface area contributed by atoms with Crippen LogP contribution >= 0.6 is 11.8 Å². The van der Waals surface area contributed by atoms with Crippen LogP contribution in [0.3, 0.4) is 0 Å². The molecule has 1 aliphatic rings. The summed E-state index contributed by atoms with van der Waals surface area (Å²) in [4.78, 5) is 12.6. The quantitative estimate of drug-likeness (QED) is 0.631. The number of carbonyl (C=O) groups excluding carboxylic acids is 1. The van der Waals surface area contributed by atoms with Crippen molar-refractivity contribution in [3.05, 3.63) is 42.5 Å². The van der Waals surface area contributed by atoms with Crippen molar-refractivity contribution in [3.8, 4) is 22.9 Å². The number of ether oxygens (including phenoxy) is 3. The van der Waals surface area contributed by atoms with Gasteiger partial charge in [-0.1, -0.05) is 11.8 Å². The molecule has 2 heterocycles. The van der Waals surface area contributed by atoms with Crippen molar-refractivity contribution in [1.82, 2.24) is 20.2 Å². The number of nitrogens with zero attached hydrogens (tertiary/aromatic N) is 4. The van der Waals surface area contributed by atoms with Crippen LogP contribution in [0.15, 0.2) is 47.6 Å². The highest BCUT2D eigenvalue weighted by Gasteiger charge is 2.21. The van der Waals surface area contributed by atoms with Gasteiger partial charge in [-0.2, -0.15) is 4.68 Å². The van der Waals surface area contributed by atoms with Gasteiger partial charge in [-0.05, 0) is 53.7 Å². The second kappa shape index (κ2) is 7.77. The fourth-order valence-corrected chi connectivity index (χ4v) is 3.38. The maximum atomic E-state index is 12.6. The molecule has 1 aliphatic heterocycles. The molecule has 4 rings (SSSR count). The minimum Gasteiger partial charge on any atom is -0.497 e. The van der Waals surface area contributed by atoms with Gasteiger partial charge in [0.25, 0.3) is 0 Å². The van der Waals surface area contributed by atoms with E-state index in [2.05, 4.69) is 20.8 Å². The second-order valence-electron chi connectivity index (χ2n) is 5.89. The number of rotatable bonds is 6. The van der Waals surface area contributed by atoms with Crippen molar-refractivity contribution < 1.29 is 19.0 Å². The van der Waals surface area contributed by atoms with E-state index in [4.69, 9.17) is 14.2 Å². The molecule has 0 bridgehead atoms. The highest BCUT2D eigenvalue weighted by Crippen LogP contribution is 2.34. The number of thioether (sulfide) groups is 1. The molecule has 0 fully saturated rings. The van der Waals surface area contributed by atoms with E-state index in [1.807, 2.05) is 24.3 Å². The zero-order chi connectivity index (χ0) is 19.5. The zero-order valence-electron chi connectivity index (χ0n) is 15.2. The van der Waals surface area contributed by atoms with E-state index in [0.29, 0.717) is 22.3 Å². The lowest BCUT2D eigenvalue weighted by Crippen LogP contribution is -2.22. The normalized spacial score (nSPS) is 13.2. The molecule has 0 spiro atoms. The number of hydrogen-bond acceptors (Lipinski definition) is 8. The van der Waals surface area contributed by atoms with Gasteiger partial charge in [0.15, 0.2) is 11.5 Å². The van der Waals surface area contributed by atoms with Crippen LogP contribution in [0.4, 0.5) is 5.69 Å². The van der Waals surface area contributed by atoms with Crippen molar-refractivity contribution in [2.75, 3.05) is 19.2 Å². The minimum atomic E-state index is -0.423. The summed E-state index contributed by atoms with van der Waals surface area (Å²) >= 11 is 1.26. The Labute approximate surface area is 165 Å². The molecular formula is C18H17N5O4S. The number of benzene rings is 2. The molecule has 1 atom stereocenters. The van der Waals surface area contributed by atoms with E-state index >= 15 is 0 Å². The third-order valence-corrected chi connectivity index (χ3v) is 5.08. The van der Waals surface area contributed by atoms with Crippen LogP contribution in [-0.4, -0.2) is 45.3 Å². The van der Waals surface area contributed by atoms with Gasteiger partial charge in [-0.3, -0.25) is 4.79 Å². The van der Waals surface area contributed by atoms with E-state index in [1.54, 1.807) is 36.9 Å². The molecule has 10 heteroatoms. The van der Waals surface area contributed by atoms with Crippen molar-refractivity contribution in [2.45, 2.75) is 17.3 Å². The second-order valence-corrected chi connectivity index (χ2v) is 7.20. The molecule has 0 saturated heterocycles. The van der Waals surface area contributed by atoms with Gasteiger partial charge in [0.05, 0.1) is 18.0 Å². The molecule has 9 nitrogen and oxygen atoms in total. The zero-order valence-corrected chi connectivity index (χ0v) is 16.0. The summed E-state index contributed by atoms with van der Waals surface area (Å²) < 4.78 is 17.3. The lowest BCUT2D eigenvalue weighted by molar-refractivity contribution is -0.115. The first kappa shape index (κ1) is 18.1. The van der Waals surface area contributed by atoms with Crippen molar-refractivity contribution >= 4 is 23.4 Å². The number of tetrazole rings is 1. The topological polar surface area (TPSA) is 100 Å². The first-order chi connectivity index (χ1) is 13.6. The van der Waals surface area contributed by atoms with Crippen molar-refractivity contribution in [1.29, 1.82) is 0 Å². The summed E-state index contributed by atoms with van der Waals surface area (Å²) in [6.45, 7) is 1.98. The summed E-state index contributed by atoms with van der Waals surface area (Å²) in [5, 5.41) is 14.7. The number of methoxy groups -OCH3 is 1. The fraction of sp³-hybridized carbons (Fsp3) is 0.222. The molecule has 0 saturated carbocycles. The molecule has 2 aromatic carbocycles. The van der Waals surface area contributed by atoms with Crippen molar-refractivity contribution in [3.63, 3.8) is 0 Å². The van der Waals surface area contributed by atoms with Crippen LogP contribution in [-0.2, 0) is 4.79 Å². The molecule has 0 radical (unpaired) electrons. The number of carbonyl (C=O) groups is 1. The van der Waals surface area contributed by atoms with Crippen LogP contribution in [0.25, 0.3) is 5.69 Å². The first-order valence-corrected chi connectivity index (χ1v) is 9.32. The van der Waals surface area contributed by atoms with Crippen molar-refractivity contribution in [2.24, 2.45) is 0 Å². The number of amides is 1. The van der Waals surface area contributed by atoms with Crippen LogP contribution in [0.5, 0.6) is 17.2 Å². The molecule has 3 aromatic rings. The number of aromatic nitrogens is 4. The van der Waals surface area contributed by atoms with Gasteiger partial charge in [-0.15, -0.1) is 5.10 Å². The first-order valence-electron chi connectivity index (χ1n) is 8.44. The van der Waals surface area contributed by atoms with Gasteiger partial charge in [0, 0.05) is 11.8 Å². The predicted octanol–water partition coefficient (Wildman–Crippen LogP) is 2.52. The van der Waals surface area contributed by atoms with Crippen LogP contribution < -0.4 is 19.5 Å². The standard InChI is InChI=1S/C18H17N5O4S/c1-11(17(24)19-12-3-8-15-16(9-12)27-10-26-15)28-18-20-21-22-23(18)13-4-6-14(25-2)7-5-13/h3-9,11H,10H2,1-2H3,(H,19,24)/t11-/m1/s1. The SMILES string of the molecule is COc1ccc(-n2nnnc2S[C@H](C)C(=O)Nc2ccc3c(c2)OCO3)cc1. The van der Waals surface area contributed by atoms with E-state index in [-0.39, 0.29) is 12.7 Å².